The summed E-state index contributed by atoms with van der Waals surface area (Å²) in [5, 5.41) is 3.56. The SMILES string of the molecule is Cc1cccc(OC(C)C(=O)NC(C)c2ccccc2Cl)c1. The first-order valence-electron chi connectivity index (χ1n) is 7.25. The molecular weight excluding hydrogens is 298 g/mol. The molecule has 1 amide bonds. The summed E-state index contributed by atoms with van der Waals surface area (Å²) in [5.74, 6) is 0.516. The van der Waals surface area contributed by atoms with Crippen molar-refractivity contribution in [1.82, 2.24) is 5.32 Å². The van der Waals surface area contributed by atoms with Gasteiger partial charge >= 0.3 is 0 Å². The molecule has 0 aromatic heterocycles. The Morgan fingerprint density at radius 1 is 1.14 bits per heavy atom. The van der Waals surface area contributed by atoms with Crippen LogP contribution in [0, 0.1) is 6.92 Å². The van der Waals surface area contributed by atoms with E-state index in [-0.39, 0.29) is 11.9 Å². The fourth-order valence-corrected chi connectivity index (χ4v) is 2.48. The Bertz CT molecular complexity index is 657. The van der Waals surface area contributed by atoms with Crippen LogP contribution in [-0.4, -0.2) is 12.0 Å². The maximum Gasteiger partial charge on any atom is 0.261 e. The van der Waals surface area contributed by atoms with Crippen molar-refractivity contribution in [2.45, 2.75) is 32.9 Å². The first-order valence-corrected chi connectivity index (χ1v) is 7.63. The Balaban J connectivity index is 1.98. The van der Waals surface area contributed by atoms with Gasteiger partial charge in [0, 0.05) is 5.02 Å². The smallest absolute Gasteiger partial charge is 0.261 e. The van der Waals surface area contributed by atoms with Gasteiger partial charge < -0.3 is 10.1 Å². The summed E-state index contributed by atoms with van der Waals surface area (Å²) < 4.78 is 5.68. The number of nitrogens with one attached hydrogen (secondary N) is 1. The van der Waals surface area contributed by atoms with Gasteiger partial charge in [-0.15, -0.1) is 0 Å². The van der Waals surface area contributed by atoms with E-state index in [1.807, 2.05) is 62.4 Å². The third-order valence-corrected chi connectivity index (χ3v) is 3.75. The summed E-state index contributed by atoms with van der Waals surface area (Å²) >= 11 is 6.15. The van der Waals surface area contributed by atoms with Crippen LogP contribution in [0.15, 0.2) is 48.5 Å². The Labute approximate surface area is 136 Å². The lowest BCUT2D eigenvalue weighted by Crippen LogP contribution is -2.37. The van der Waals surface area contributed by atoms with Crippen LogP contribution in [-0.2, 0) is 4.79 Å². The third kappa shape index (κ3) is 4.25. The van der Waals surface area contributed by atoms with Gasteiger partial charge in [0.2, 0.25) is 0 Å². The quantitative estimate of drug-likeness (QED) is 0.893. The van der Waals surface area contributed by atoms with Crippen LogP contribution in [0.2, 0.25) is 5.02 Å². The van der Waals surface area contributed by atoms with Gasteiger partial charge in [0.25, 0.3) is 5.91 Å². The number of carbonyl (C=O) groups excluding carboxylic acids is 1. The first-order chi connectivity index (χ1) is 10.5. The molecule has 2 aromatic carbocycles. The average molecular weight is 318 g/mol. The van der Waals surface area contributed by atoms with Crippen LogP contribution in [0.5, 0.6) is 5.75 Å². The lowest BCUT2D eigenvalue weighted by atomic mass is 10.1. The van der Waals surface area contributed by atoms with Gasteiger partial charge in [-0.3, -0.25) is 4.79 Å². The van der Waals surface area contributed by atoms with Gasteiger partial charge in [0.05, 0.1) is 6.04 Å². The van der Waals surface area contributed by atoms with Crippen LogP contribution >= 0.6 is 11.6 Å². The average Bonchev–Trinajstić information content (AvgIpc) is 2.47. The second-order valence-corrected chi connectivity index (χ2v) is 5.74. The molecule has 0 saturated carbocycles. The summed E-state index contributed by atoms with van der Waals surface area (Å²) in [6.07, 6.45) is -0.577. The van der Waals surface area contributed by atoms with Crippen molar-refractivity contribution < 1.29 is 9.53 Å². The number of amides is 1. The van der Waals surface area contributed by atoms with Crippen molar-refractivity contribution >= 4 is 17.5 Å². The van der Waals surface area contributed by atoms with E-state index in [1.54, 1.807) is 6.92 Å². The number of hydrogen-bond donors (Lipinski definition) is 1. The van der Waals surface area contributed by atoms with Crippen LogP contribution in [0.4, 0.5) is 0 Å². The molecule has 0 saturated heterocycles. The number of halogens is 1. The van der Waals surface area contributed by atoms with Crippen LogP contribution in [0.25, 0.3) is 0 Å². The van der Waals surface area contributed by atoms with Gasteiger partial charge in [-0.25, -0.2) is 0 Å². The first kappa shape index (κ1) is 16.4. The molecule has 0 aliphatic rings. The lowest BCUT2D eigenvalue weighted by molar-refractivity contribution is -0.127. The van der Waals surface area contributed by atoms with E-state index < -0.39 is 6.10 Å². The summed E-state index contributed by atoms with van der Waals surface area (Å²) in [5.41, 5.74) is 1.98. The van der Waals surface area contributed by atoms with E-state index in [4.69, 9.17) is 16.3 Å². The fraction of sp³-hybridized carbons (Fsp3) is 0.278. The van der Waals surface area contributed by atoms with Crippen LogP contribution < -0.4 is 10.1 Å². The summed E-state index contributed by atoms with van der Waals surface area (Å²) in [4.78, 5) is 12.2. The Hall–Kier alpha value is -2.00. The highest BCUT2D eigenvalue weighted by molar-refractivity contribution is 6.31. The molecule has 2 atom stereocenters. The topological polar surface area (TPSA) is 38.3 Å². The second kappa shape index (κ2) is 7.32. The molecule has 0 aliphatic carbocycles. The van der Waals surface area contributed by atoms with Crippen molar-refractivity contribution in [3.63, 3.8) is 0 Å². The predicted molar refractivity (Wildman–Crippen MR) is 89.3 cm³/mol. The van der Waals surface area contributed by atoms with Crippen LogP contribution in [0.1, 0.15) is 31.0 Å². The number of benzene rings is 2. The van der Waals surface area contributed by atoms with Gasteiger partial charge in [0.15, 0.2) is 6.10 Å². The largest absolute Gasteiger partial charge is 0.481 e. The zero-order chi connectivity index (χ0) is 16.1. The number of aryl methyl sites for hydroxylation is 1. The third-order valence-electron chi connectivity index (χ3n) is 3.40. The van der Waals surface area contributed by atoms with Crippen molar-refractivity contribution in [3.8, 4) is 5.75 Å². The molecule has 0 aliphatic heterocycles. The Morgan fingerprint density at radius 3 is 2.55 bits per heavy atom. The lowest BCUT2D eigenvalue weighted by Gasteiger charge is -2.20. The monoisotopic (exact) mass is 317 g/mol. The molecule has 116 valence electrons. The van der Waals surface area contributed by atoms with Crippen LogP contribution in [0.3, 0.4) is 0 Å². The van der Waals surface area contributed by atoms with Gasteiger partial charge in [-0.05, 0) is 50.1 Å². The molecule has 22 heavy (non-hydrogen) atoms. The summed E-state index contributed by atoms with van der Waals surface area (Å²) in [6.45, 7) is 5.62. The van der Waals surface area contributed by atoms with Crippen molar-refractivity contribution in [1.29, 1.82) is 0 Å². The summed E-state index contributed by atoms with van der Waals surface area (Å²) in [6, 6.07) is 14.9. The number of carbonyl (C=O) groups is 1. The molecule has 2 rings (SSSR count). The van der Waals surface area contributed by atoms with E-state index in [1.165, 1.54) is 0 Å². The zero-order valence-corrected chi connectivity index (χ0v) is 13.7. The highest BCUT2D eigenvalue weighted by Gasteiger charge is 2.18. The molecule has 0 spiro atoms. The molecule has 0 radical (unpaired) electrons. The van der Waals surface area contributed by atoms with E-state index >= 15 is 0 Å². The van der Waals surface area contributed by atoms with E-state index in [2.05, 4.69) is 5.32 Å². The Morgan fingerprint density at radius 2 is 1.86 bits per heavy atom. The number of hydrogen-bond acceptors (Lipinski definition) is 2. The maximum absolute atomic E-state index is 12.2. The van der Waals surface area contributed by atoms with E-state index in [9.17, 15) is 4.79 Å². The van der Waals surface area contributed by atoms with Gasteiger partial charge in [-0.2, -0.15) is 0 Å². The molecule has 4 heteroatoms. The zero-order valence-electron chi connectivity index (χ0n) is 13.0. The minimum Gasteiger partial charge on any atom is -0.481 e. The van der Waals surface area contributed by atoms with Crippen molar-refractivity contribution in [3.05, 3.63) is 64.7 Å². The predicted octanol–water partition coefficient (Wildman–Crippen LogP) is 4.29. The molecule has 2 unspecified atom stereocenters. The van der Waals surface area contributed by atoms with Gasteiger partial charge in [-0.1, -0.05) is 41.9 Å². The molecule has 0 bridgehead atoms. The summed E-state index contributed by atoms with van der Waals surface area (Å²) in [7, 11) is 0. The second-order valence-electron chi connectivity index (χ2n) is 5.33. The molecule has 2 aromatic rings. The standard InChI is InChI=1S/C18H20ClNO2/c1-12-7-6-8-15(11-12)22-14(3)18(21)20-13(2)16-9-4-5-10-17(16)19/h4-11,13-14H,1-3H3,(H,20,21). The van der Waals surface area contributed by atoms with E-state index in [0.29, 0.717) is 10.8 Å². The Kier molecular flexibility index (Phi) is 5.45. The number of rotatable bonds is 5. The highest BCUT2D eigenvalue weighted by Crippen LogP contribution is 2.22. The molecule has 1 N–H and O–H groups in total. The highest BCUT2D eigenvalue weighted by atomic mass is 35.5. The minimum atomic E-state index is -0.577. The van der Waals surface area contributed by atoms with E-state index in [0.717, 1.165) is 11.1 Å². The molecule has 0 heterocycles. The number of ether oxygens (including phenoxy) is 1. The van der Waals surface area contributed by atoms with Crippen molar-refractivity contribution in [2.75, 3.05) is 0 Å². The maximum atomic E-state index is 12.2. The molecule has 3 nitrogen and oxygen atoms in total. The minimum absolute atomic E-state index is 0.172. The molecular formula is C18H20ClNO2. The van der Waals surface area contributed by atoms with Gasteiger partial charge in [0.1, 0.15) is 5.75 Å². The normalized spacial score (nSPS) is 13.3. The fourth-order valence-electron chi connectivity index (χ4n) is 2.18. The van der Waals surface area contributed by atoms with Crippen molar-refractivity contribution in [2.24, 2.45) is 0 Å². The molecule has 0 fully saturated rings.